The molecule has 5 nitrogen and oxygen atoms in total. The summed E-state index contributed by atoms with van der Waals surface area (Å²) in [5.74, 6) is 1.15. The van der Waals surface area contributed by atoms with Gasteiger partial charge in [-0.05, 0) is 30.4 Å². The van der Waals surface area contributed by atoms with Crippen molar-refractivity contribution >= 4 is 33.3 Å². The number of rotatable bonds is 4. The third kappa shape index (κ3) is 2.12. The summed E-state index contributed by atoms with van der Waals surface area (Å²) in [5.41, 5.74) is -1.17. The van der Waals surface area contributed by atoms with Gasteiger partial charge in [0.1, 0.15) is 11.5 Å². The minimum atomic E-state index is -0.785. The molecule has 0 radical (unpaired) electrons. The normalized spacial score (nSPS) is 32.6. The van der Waals surface area contributed by atoms with Gasteiger partial charge in [0.15, 0.2) is 5.78 Å². The first-order valence-corrected chi connectivity index (χ1v) is 9.29. The van der Waals surface area contributed by atoms with Crippen LogP contribution in [0.5, 0.6) is 11.5 Å². The predicted molar refractivity (Wildman–Crippen MR) is 99.5 cm³/mol. The second-order valence-corrected chi connectivity index (χ2v) is 8.59. The Bertz CT molecular complexity index is 747. The molecule has 3 unspecified atom stereocenters. The van der Waals surface area contributed by atoms with Crippen molar-refractivity contribution in [1.82, 2.24) is 0 Å². The highest BCUT2D eigenvalue weighted by Gasteiger charge is 2.76. The van der Waals surface area contributed by atoms with Gasteiger partial charge in [-0.2, -0.15) is 0 Å². The Balaban J connectivity index is 2.01. The molecule has 0 spiro atoms. The molecule has 0 saturated heterocycles. The molecular formula is C19H24BrNO4. The number of alkyl halides is 1. The van der Waals surface area contributed by atoms with Crippen LogP contribution in [0.25, 0.3) is 0 Å². The van der Waals surface area contributed by atoms with E-state index in [1.54, 1.807) is 32.4 Å². The summed E-state index contributed by atoms with van der Waals surface area (Å²) >= 11 is 3.54. The van der Waals surface area contributed by atoms with Gasteiger partial charge in [0.05, 0.1) is 30.1 Å². The maximum absolute atomic E-state index is 13.4. The first-order valence-electron chi connectivity index (χ1n) is 8.37. The van der Waals surface area contributed by atoms with Gasteiger partial charge in [-0.15, -0.1) is 0 Å². The Morgan fingerprint density at radius 2 is 1.88 bits per heavy atom. The lowest BCUT2D eigenvalue weighted by Gasteiger charge is -2.39. The summed E-state index contributed by atoms with van der Waals surface area (Å²) in [6.45, 7) is 6.04. The van der Waals surface area contributed by atoms with E-state index >= 15 is 0 Å². The van der Waals surface area contributed by atoms with Gasteiger partial charge in [0.2, 0.25) is 5.91 Å². The summed E-state index contributed by atoms with van der Waals surface area (Å²) in [6, 6.07) is 5.26. The second-order valence-electron chi connectivity index (χ2n) is 7.68. The molecule has 136 valence electrons. The number of halogens is 1. The number of fused-ring (bicyclic) bond motifs is 2. The average molecular weight is 410 g/mol. The smallest absolute Gasteiger partial charge is 0.232 e. The number of ketones is 1. The van der Waals surface area contributed by atoms with Crippen molar-refractivity contribution < 1.29 is 19.1 Å². The summed E-state index contributed by atoms with van der Waals surface area (Å²) in [7, 11) is 3.13. The molecule has 1 N–H and O–H groups in total. The molecule has 0 aliphatic heterocycles. The number of amides is 1. The molecule has 2 fully saturated rings. The largest absolute Gasteiger partial charge is 0.497 e. The first kappa shape index (κ1) is 18.2. The average Bonchev–Trinajstić information content (AvgIpc) is 2.86. The Hall–Kier alpha value is -1.56. The van der Waals surface area contributed by atoms with Crippen LogP contribution in [0.3, 0.4) is 0 Å². The molecule has 0 aromatic heterocycles. The van der Waals surface area contributed by atoms with E-state index in [0.29, 0.717) is 23.6 Å². The summed E-state index contributed by atoms with van der Waals surface area (Å²) in [4.78, 5) is 25.7. The molecule has 2 bridgehead atoms. The Morgan fingerprint density at radius 3 is 2.40 bits per heavy atom. The fraction of sp³-hybridized carbons (Fsp3) is 0.579. The lowest BCUT2D eigenvalue weighted by molar-refractivity contribution is -0.130. The van der Waals surface area contributed by atoms with Crippen LogP contribution in [0.2, 0.25) is 0 Å². The van der Waals surface area contributed by atoms with Crippen LogP contribution >= 0.6 is 15.9 Å². The van der Waals surface area contributed by atoms with Gasteiger partial charge in [-0.1, -0.05) is 36.7 Å². The Morgan fingerprint density at radius 1 is 1.20 bits per heavy atom. The van der Waals surface area contributed by atoms with Crippen molar-refractivity contribution in [2.24, 2.45) is 16.2 Å². The fourth-order valence-corrected chi connectivity index (χ4v) is 6.12. The van der Waals surface area contributed by atoms with Crippen LogP contribution in [-0.2, 0) is 9.59 Å². The molecular weight excluding hydrogens is 386 g/mol. The fourth-order valence-electron chi connectivity index (χ4n) is 4.60. The number of anilines is 1. The Labute approximate surface area is 156 Å². The predicted octanol–water partition coefficient (Wildman–Crippen LogP) is 3.80. The van der Waals surface area contributed by atoms with Crippen LogP contribution < -0.4 is 14.8 Å². The molecule has 1 aromatic carbocycles. The highest BCUT2D eigenvalue weighted by Crippen LogP contribution is 2.72. The van der Waals surface area contributed by atoms with Gasteiger partial charge in [0.25, 0.3) is 0 Å². The zero-order valence-electron chi connectivity index (χ0n) is 15.2. The lowest BCUT2D eigenvalue weighted by Crippen LogP contribution is -2.48. The highest BCUT2D eigenvalue weighted by atomic mass is 79.9. The maximum atomic E-state index is 13.4. The number of benzene rings is 1. The van der Waals surface area contributed by atoms with E-state index in [-0.39, 0.29) is 11.7 Å². The third-order valence-electron chi connectivity index (χ3n) is 6.78. The summed E-state index contributed by atoms with van der Waals surface area (Å²) in [5, 5.41) is 2.99. The van der Waals surface area contributed by atoms with Crippen molar-refractivity contribution in [3.8, 4) is 11.5 Å². The van der Waals surface area contributed by atoms with Crippen molar-refractivity contribution in [2.45, 2.75) is 38.4 Å². The van der Waals surface area contributed by atoms with E-state index in [1.807, 2.05) is 20.8 Å². The third-order valence-corrected chi connectivity index (χ3v) is 7.98. The van der Waals surface area contributed by atoms with Crippen LogP contribution in [0.4, 0.5) is 5.69 Å². The number of carbonyl (C=O) groups excluding carboxylic acids is 2. The van der Waals surface area contributed by atoms with Gasteiger partial charge in [0, 0.05) is 11.5 Å². The lowest BCUT2D eigenvalue weighted by atomic mass is 9.64. The number of hydrogen-bond donors (Lipinski definition) is 1. The number of Topliss-reactive ketones (excluding diaryl/α,β-unsaturated/α-hetero) is 1. The molecule has 25 heavy (non-hydrogen) atoms. The van der Waals surface area contributed by atoms with E-state index in [4.69, 9.17) is 9.47 Å². The van der Waals surface area contributed by atoms with Crippen LogP contribution in [-0.4, -0.2) is 30.7 Å². The van der Waals surface area contributed by atoms with E-state index in [9.17, 15) is 9.59 Å². The SMILES string of the molecule is COc1ccc(OC)c(NC(=O)C23CCC(C)(C(=O)C2Br)C3(C)C)c1. The quantitative estimate of drug-likeness (QED) is 0.767. The van der Waals surface area contributed by atoms with Crippen molar-refractivity contribution in [1.29, 1.82) is 0 Å². The van der Waals surface area contributed by atoms with Gasteiger partial charge < -0.3 is 14.8 Å². The standard InChI is InChI=1S/C19H24BrNO4/c1-17(2)18(3)8-9-19(17,14(20)15(18)22)16(23)21-12-10-11(24-4)6-7-13(12)25-5/h6-7,10,14H,8-9H2,1-5H3,(H,21,23). The Kier molecular flexibility index (Phi) is 4.18. The molecule has 2 saturated carbocycles. The molecule has 6 heteroatoms. The molecule has 1 amide bonds. The van der Waals surface area contributed by atoms with E-state index < -0.39 is 21.1 Å². The van der Waals surface area contributed by atoms with Crippen LogP contribution in [0, 0.1) is 16.2 Å². The zero-order chi connectivity index (χ0) is 18.6. The molecule has 3 atom stereocenters. The number of hydrogen-bond acceptors (Lipinski definition) is 4. The minimum absolute atomic E-state index is 0.122. The molecule has 3 rings (SSSR count). The second kappa shape index (κ2) is 5.73. The van der Waals surface area contributed by atoms with E-state index in [2.05, 4.69) is 21.2 Å². The molecule has 2 aliphatic rings. The molecule has 1 aromatic rings. The minimum Gasteiger partial charge on any atom is -0.497 e. The number of methoxy groups -OCH3 is 2. The van der Waals surface area contributed by atoms with Crippen LogP contribution in [0.15, 0.2) is 18.2 Å². The van der Waals surface area contributed by atoms with Gasteiger partial charge in [-0.3, -0.25) is 9.59 Å². The first-order chi connectivity index (χ1) is 11.7. The summed E-state index contributed by atoms with van der Waals surface area (Å²) < 4.78 is 10.6. The van der Waals surface area contributed by atoms with E-state index in [1.165, 1.54) is 0 Å². The van der Waals surface area contributed by atoms with Crippen molar-refractivity contribution in [2.75, 3.05) is 19.5 Å². The van der Waals surface area contributed by atoms with Crippen LogP contribution in [0.1, 0.15) is 33.6 Å². The van der Waals surface area contributed by atoms with Gasteiger partial charge in [-0.25, -0.2) is 0 Å². The number of nitrogens with one attached hydrogen (secondary N) is 1. The van der Waals surface area contributed by atoms with Crippen molar-refractivity contribution in [3.05, 3.63) is 18.2 Å². The number of carbonyl (C=O) groups is 2. The molecule has 2 aliphatic carbocycles. The number of ether oxygens (including phenoxy) is 2. The topological polar surface area (TPSA) is 64.6 Å². The van der Waals surface area contributed by atoms with E-state index in [0.717, 1.165) is 6.42 Å². The highest BCUT2D eigenvalue weighted by molar-refractivity contribution is 9.10. The maximum Gasteiger partial charge on any atom is 0.232 e. The monoisotopic (exact) mass is 409 g/mol. The zero-order valence-corrected chi connectivity index (χ0v) is 16.8. The van der Waals surface area contributed by atoms with Crippen molar-refractivity contribution in [3.63, 3.8) is 0 Å². The molecule has 0 heterocycles. The van der Waals surface area contributed by atoms with Gasteiger partial charge >= 0.3 is 0 Å². The summed E-state index contributed by atoms with van der Waals surface area (Å²) in [6.07, 6.45) is 1.40.